The minimum atomic E-state index is 0.0235. The monoisotopic (exact) mass is 337 g/mol. The van der Waals surface area contributed by atoms with Crippen molar-refractivity contribution in [3.05, 3.63) is 0 Å². The van der Waals surface area contributed by atoms with Gasteiger partial charge in [-0.3, -0.25) is 0 Å². The number of carbonyl (C=O) groups is 1. The van der Waals surface area contributed by atoms with Gasteiger partial charge >= 0.3 is 6.03 Å². The summed E-state index contributed by atoms with van der Waals surface area (Å²) < 4.78 is 5.40. The fourth-order valence-corrected chi connectivity index (χ4v) is 4.64. The predicted octanol–water partition coefficient (Wildman–Crippen LogP) is 2.90. The molecule has 5 nitrogen and oxygen atoms in total. The van der Waals surface area contributed by atoms with Gasteiger partial charge in [0.25, 0.3) is 0 Å². The van der Waals surface area contributed by atoms with Crippen molar-refractivity contribution in [2.24, 2.45) is 5.92 Å². The first-order chi connectivity index (χ1) is 11.7. The molecule has 2 N–H and O–H groups in total. The number of carbonyl (C=O) groups excluding carboxylic acids is 1. The number of amides is 2. The first-order valence-electron chi connectivity index (χ1n) is 10.1. The summed E-state index contributed by atoms with van der Waals surface area (Å²) in [6.07, 6.45) is 11.0. The first-order valence-corrected chi connectivity index (χ1v) is 10.1. The summed E-state index contributed by atoms with van der Waals surface area (Å²) in [5.74, 6) is 0.555. The summed E-state index contributed by atoms with van der Waals surface area (Å²) in [6, 6.07) is 1.37. The van der Waals surface area contributed by atoms with E-state index >= 15 is 0 Å². The average molecular weight is 338 g/mol. The highest BCUT2D eigenvalue weighted by Crippen LogP contribution is 2.25. The standard InChI is InChI=1S/C19H35N3O2/c1-15(16-9-13-24-14-10-16)20-19(23)21-17-5-7-18(8-6-17)22-11-3-2-4-12-22/h15-18H,2-14H2,1H3,(H2,20,21,23). The molecule has 0 radical (unpaired) electrons. The summed E-state index contributed by atoms with van der Waals surface area (Å²) in [5.41, 5.74) is 0. The molecule has 0 aromatic carbocycles. The zero-order valence-corrected chi connectivity index (χ0v) is 15.3. The fraction of sp³-hybridized carbons (Fsp3) is 0.947. The van der Waals surface area contributed by atoms with Crippen molar-refractivity contribution in [2.45, 2.75) is 82.8 Å². The van der Waals surface area contributed by atoms with E-state index in [2.05, 4.69) is 22.5 Å². The van der Waals surface area contributed by atoms with Crippen LogP contribution in [0.1, 0.15) is 64.7 Å². The number of hydrogen-bond acceptors (Lipinski definition) is 3. The smallest absolute Gasteiger partial charge is 0.315 e. The van der Waals surface area contributed by atoms with Crippen molar-refractivity contribution < 1.29 is 9.53 Å². The van der Waals surface area contributed by atoms with Crippen molar-refractivity contribution in [1.82, 2.24) is 15.5 Å². The maximum atomic E-state index is 12.3. The van der Waals surface area contributed by atoms with Gasteiger partial charge in [-0.05, 0) is 77.3 Å². The fourth-order valence-electron chi connectivity index (χ4n) is 4.64. The Morgan fingerprint density at radius 1 is 1.00 bits per heavy atom. The Kier molecular flexibility index (Phi) is 6.78. The lowest BCUT2D eigenvalue weighted by Crippen LogP contribution is -2.50. The lowest BCUT2D eigenvalue weighted by atomic mass is 9.89. The van der Waals surface area contributed by atoms with Gasteiger partial charge in [0.2, 0.25) is 0 Å². The first kappa shape index (κ1) is 18.0. The normalized spacial score (nSPS) is 31.4. The number of ether oxygens (including phenoxy) is 1. The molecular weight excluding hydrogens is 302 g/mol. The molecule has 5 heteroatoms. The van der Waals surface area contributed by atoms with Gasteiger partial charge in [-0.2, -0.15) is 0 Å². The van der Waals surface area contributed by atoms with Crippen LogP contribution in [0.2, 0.25) is 0 Å². The number of piperidine rings is 1. The molecule has 1 saturated carbocycles. The van der Waals surface area contributed by atoms with Crippen LogP contribution in [0, 0.1) is 5.92 Å². The second kappa shape index (κ2) is 9.04. The lowest BCUT2D eigenvalue weighted by molar-refractivity contribution is 0.0569. The summed E-state index contributed by atoms with van der Waals surface area (Å²) in [6.45, 7) is 6.36. The summed E-state index contributed by atoms with van der Waals surface area (Å²) in [5, 5.41) is 6.37. The van der Waals surface area contributed by atoms with Crippen molar-refractivity contribution in [3.63, 3.8) is 0 Å². The molecule has 2 amide bonds. The molecule has 2 saturated heterocycles. The summed E-state index contributed by atoms with van der Waals surface area (Å²) >= 11 is 0. The van der Waals surface area contributed by atoms with Gasteiger partial charge in [0.15, 0.2) is 0 Å². The van der Waals surface area contributed by atoms with Crippen molar-refractivity contribution in [1.29, 1.82) is 0 Å². The van der Waals surface area contributed by atoms with Crippen LogP contribution in [0.15, 0.2) is 0 Å². The average Bonchev–Trinajstić information content (AvgIpc) is 2.64. The van der Waals surface area contributed by atoms with E-state index in [4.69, 9.17) is 4.74 Å². The van der Waals surface area contributed by atoms with E-state index < -0.39 is 0 Å². The molecular formula is C19H35N3O2. The summed E-state index contributed by atoms with van der Waals surface area (Å²) in [4.78, 5) is 15.0. The molecule has 1 aliphatic carbocycles. The molecule has 3 fully saturated rings. The molecule has 1 unspecified atom stereocenters. The third kappa shape index (κ3) is 5.09. The topological polar surface area (TPSA) is 53.6 Å². The third-order valence-electron chi connectivity index (χ3n) is 6.27. The minimum absolute atomic E-state index is 0.0235. The van der Waals surface area contributed by atoms with E-state index in [9.17, 15) is 4.79 Å². The van der Waals surface area contributed by atoms with Crippen molar-refractivity contribution in [3.8, 4) is 0 Å². The molecule has 3 aliphatic rings. The van der Waals surface area contributed by atoms with E-state index in [1.54, 1.807) is 0 Å². The van der Waals surface area contributed by atoms with Gasteiger partial charge in [0.05, 0.1) is 0 Å². The van der Waals surface area contributed by atoms with Gasteiger partial charge in [-0.1, -0.05) is 6.42 Å². The van der Waals surface area contributed by atoms with E-state index in [-0.39, 0.29) is 12.1 Å². The highest BCUT2D eigenvalue weighted by atomic mass is 16.5. The quantitative estimate of drug-likeness (QED) is 0.829. The second-order valence-electron chi connectivity index (χ2n) is 7.96. The van der Waals surface area contributed by atoms with Crippen molar-refractivity contribution in [2.75, 3.05) is 26.3 Å². The Bertz CT molecular complexity index is 384. The molecule has 2 aliphatic heterocycles. The molecule has 1 atom stereocenters. The Labute approximate surface area is 146 Å². The third-order valence-corrected chi connectivity index (χ3v) is 6.27. The van der Waals surface area contributed by atoms with E-state index in [1.807, 2.05) is 0 Å². The van der Waals surface area contributed by atoms with Gasteiger partial charge in [0.1, 0.15) is 0 Å². The van der Waals surface area contributed by atoms with Crippen molar-refractivity contribution >= 4 is 6.03 Å². The van der Waals surface area contributed by atoms with Crippen LogP contribution in [-0.4, -0.2) is 55.4 Å². The molecule has 0 spiro atoms. The van der Waals surface area contributed by atoms with E-state index in [0.717, 1.165) is 44.9 Å². The molecule has 0 aromatic heterocycles. The second-order valence-corrected chi connectivity index (χ2v) is 7.96. The Hall–Kier alpha value is -0.810. The zero-order valence-electron chi connectivity index (χ0n) is 15.3. The van der Waals surface area contributed by atoms with E-state index in [1.165, 1.54) is 45.2 Å². The van der Waals surface area contributed by atoms with Gasteiger partial charge in [0, 0.05) is 31.3 Å². The molecule has 24 heavy (non-hydrogen) atoms. The van der Waals surface area contributed by atoms with Gasteiger partial charge in [-0.15, -0.1) is 0 Å². The SMILES string of the molecule is CC(NC(=O)NC1CCC(N2CCCCC2)CC1)C1CCOCC1. The zero-order chi connectivity index (χ0) is 16.8. The highest BCUT2D eigenvalue weighted by molar-refractivity contribution is 5.74. The molecule has 0 aromatic rings. The number of hydrogen-bond donors (Lipinski definition) is 2. The Morgan fingerprint density at radius 2 is 1.67 bits per heavy atom. The molecule has 3 rings (SSSR count). The molecule has 138 valence electrons. The number of nitrogens with zero attached hydrogens (tertiary/aromatic N) is 1. The van der Waals surface area contributed by atoms with Crippen LogP contribution in [0.3, 0.4) is 0 Å². The molecule has 0 bridgehead atoms. The summed E-state index contributed by atoms with van der Waals surface area (Å²) in [7, 11) is 0. The lowest BCUT2D eigenvalue weighted by Gasteiger charge is -2.39. The number of urea groups is 1. The highest BCUT2D eigenvalue weighted by Gasteiger charge is 2.28. The van der Waals surface area contributed by atoms with E-state index in [0.29, 0.717) is 12.0 Å². The van der Waals surface area contributed by atoms with Crippen LogP contribution in [0.25, 0.3) is 0 Å². The minimum Gasteiger partial charge on any atom is -0.381 e. The maximum Gasteiger partial charge on any atom is 0.315 e. The van der Waals surface area contributed by atoms with Crippen LogP contribution in [-0.2, 0) is 4.74 Å². The molecule has 2 heterocycles. The maximum absolute atomic E-state index is 12.3. The van der Waals surface area contributed by atoms with Crippen LogP contribution >= 0.6 is 0 Å². The number of likely N-dealkylation sites (tertiary alicyclic amines) is 1. The predicted molar refractivity (Wildman–Crippen MR) is 96.1 cm³/mol. The number of nitrogens with one attached hydrogen (secondary N) is 2. The van der Waals surface area contributed by atoms with Gasteiger partial charge < -0.3 is 20.3 Å². The van der Waals surface area contributed by atoms with Gasteiger partial charge in [-0.25, -0.2) is 4.79 Å². The van der Waals surface area contributed by atoms with Crippen LogP contribution in [0.5, 0.6) is 0 Å². The number of rotatable bonds is 4. The van der Waals surface area contributed by atoms with Crippen LogP contribution < -0.4 is 10.6 Å². The Balaban J connectivity index is 1.35. The Morgan fingerprint density at radius 3 is 2.33 bits per heavy atom. The largest absolute Gasteiger partial charge is 0.381 e. The van der Waals surface area contributed by atoms with Crippen LogP contribution in [0.4, 0.5) is 4.79 Å².